The molecule has 1 atom stereocenters. The topological polar surface area (TPSA) is 69.6 Å². The Bertz CT molecular complexity index is 615. The van der Waals surface area contributed by atoms with Gasteiger partial charge in [0, 0.05) is 22.5 Å². The maximum Gasteiger partial charge on any atom is 0.251 e. The summed E-state index contributed by atoms with van der Waals surface area (Å²) < 4.78 is 0. The third-order valence-corrected chi connectivity index (χ3v) is 3.42. The van der Waals surface area contributed by atoms with Crippen LogP contribution in [0.2, 0.25) is 5.02 Å². The Morgan fingerprint density at radius 3 is 2.65 bits per heavy atom. The highest BCUT2D eigenvalue weighted by Gasteiger charge is 2.11. The number of benzene rings is 2. The molecule has 0 fully saturated rings. The molecule has 1 unspecified atom stereocenters. The summed E-state index contributed by atoms with van der Waals surface area (Å²) in [6.45, 7) is -0.00272. The van der Waals surface area contributed by atoms with Gasteiger partial charge in [-0.05, 0) is 23.9 Å². The Morgan fingerprint density at radius 2 is 1.90 bits per heavy atom. The molecule has 4 nitrogen and oxygen atoms in total. The van der Waals surface area contributed by atoms with Gasteiger partial charge in [0.1, 0.15) is 0 Å². The van der Waals surface area contributed by atoms with E-state index >= 15 is 0 Å². The van der Waals surface area contributed by atoms with Crippen LogP contribution in [0, 0.1) is 0 Å². The average molecular weight is 294 g/mol. The van der Waals surface area contributed by atoms with Gasteiger partial charge in [0.2, 0.25) is 0 Å². The summed E-state index contributed by atoms with van der Waals surface area (Å²) in [6.07, 6.45) is -0.495. The molecule has 0 spiro atoms. The van der Waals surface area contributed by atoms with Crippen LogP contribution in [-0.2, 0) is 0 Å². The van der Waals surface area contributed by atoms with Crippen LogP contribution in [-0.4, -0.2) is 35.4 Å². The Hall–Kier alpha value is -1.62. The van der Waals surface area contributed by atoms with Crippen molar-refractivity contribution in [2.75, 3.05) is 13.2 Å². The standard InChI is InChI=1S/C15H16ClNO3/c16-14-6-2-3-11-12(14)4-1-5-13(11)15(20)17-8-7-10(19)9-18/h1-6,10,18-19H,7-9H2,(H,17,20). The van der Waals surface area contributed by atoms with Crippen molar-refractivity contribution < 1.29 is 15.0 Å². The summed E-state index contributed by atoms with van der Waals surface area (Å²) in [6, 6.07) is 10.8. The molecule has 0 aliphatic rings. The van der Waals surface area contributed by atoms with Crippen molar-refractivity contribution >= 4 is 28.3 Å². The normalized spacial score (nSPS) is 12.3. The van der Waals surface area contributed by atoms with Crippen LogP contribution in [0.5, 0.6) is 0 Å². The summed E-state index contributed by atoms with van der Waals surface area (Å²) in [7, 11) is 0. The molecule has 0 aromatic heterocycles. The predicted molar refractivity (Wildman–Crippen MR) is 79.0 cm³/mol. The highest BCUT2D eigenvalue weighted by molar-refractivity contribution is 6.36. The van der Waals surface area contributed by atoms with Crippen molar-refractivity contribution in [1.29, 1.82) is 0 Å². The van der Waals surface area contributed by atoms with E-state index in [4.69, 9.17) is 16.7 Å². The second kappa shape index (κ2) is 6.70. The molecule has 2 rings (SSSR count). The van der Waals surface area contributed by atoms with Crippen LogP contribution in [0.4, 0.5) is 0 Å². The third kappa shape index (κ3) is 3.28. The predicted octanol–water partition coefficient (Wildman–Crippen LogP) is 1.97. The van der Waals surface area contributed by atoms with Gasteiger partial charge in [0.15, 0.2) is 0 Å². The first kappa shape index (κ1) is 14.8. The Labute approximate surface area is 122 Å². The van der Waals surface area contributed by atoms with Crippen LogP contribution in [0.3, 0.4) is 0 Å². The van der Waals surface area contributed by atoms with Gasteiger partial charge in [0.05, 0.1) is 12.7 Å². The minimum Gasteiger partial charge on any atom is -0.394 e. The monoisotopic (exact) mass is 293 g/mol. The minimum atomic E-state index is -0.808. The van der Waals surface area contributed by atoms with Crippen LogP contribution in [0.1, 0.15) is 16.8 Å². The highest BCUT2D eigenvalue weighted by Crippen LogP contribution is 2.25. The van der Waals surface area contributed by atoms with Gasteiger partial charge in [-0.1, -0.05) is 35.9 Å². The van der Waals surface area contributed by atoms with Crippen LogP contribution in [0.15, 0.2) is 36.4 Å². The second-order valence-electron chi connectivity index (χ2n) is 4.52. The number of nitrogens with one attached hydrogen (secondary N) is 1. The molecule has 0 aliphatic carbocycles. The molecule has 2 aromatic carbocycles. The fourth-order valence-electron chi connectivity index (χ4n) is 2.01. The third-order valence-electron chi connectivity index (χ3n) is 3.09. The molecule has 0 heterocycles. The zero-order valence-corrected chi connectivity index (χ0v) is 11.6. The van der Waals surface area contributed by atoms with Gasteiger partial charge in [-0.3, -0.25) is 4.79 Å². The van der Waals surface area contributed by atoms with E-state index in [-0.39, 0.29) is 12.5 Å². The Balaban J connectivity index is 2.16. The molecule has 0 saturated heterocycles. The zero-order valence-electron chi connectivity index (χ0n) is 10.8. The van der Waals surface area contributed by atoms with Gasteiger partial charge >= 0.3 is 0 Å². The van der Waals surface area contributed by atoms with Gasteiger partial charge in [-0.15, -0.1) is 0 Å². The van der Waals surface area contributed by atoms with Gasteiger partial charge in [-0.25, -0.2) is 0 Å². The maximum atomic E-state index is 12.1. The number of halogens is 1. The largest absolute Gasteiger partial charge is 0.394 e. The first-order chi connectivity index (χ1) is 9.63. The van der Waals surface area contributed by atoms with Gasteiger partial charge < -0.3 is 15.5 Å². The van der Waals surface area contributed by atoms with Crippen molar-refractivity contribution in [2.45, 2.75) is 12.5 Å². The van der Waals surface area contributed by atoms with E-state index in [1.807, 2.05) is 12.1 Å². The average Bonchev–Trinajstić information content (AvgIpc) is 2.46. The zero-order chi connectivity index (χ0) is 14.5. The number of carbonyl (C=O) groups excluding carboxylic acids is 1. The number of aliphatic hydroxyl groups excluding tert-OH is 2. The van der Waals surface area contributed by atoms with Crippen molar-refractivity contribution in [3.8, 4) is 0 Å². The molecule has 106 valence electrons. The Morgan fingerprint density at radius 1 is 1.20 bits per heavy atom. The summed E-state index contributed by atoms with van der Waals surface area (Å²) >= 11 is 6.11. The molecule has 1 amide bonds. The molecule has 0 aliphatic heterocycles. The highest BCUT2D eigenvalue weighted by atomic mass is 35.5. The molecule has 3 N–H and O–H groups in total. The molecule has 0 bridgehead atoms. The summed E-state index contributed by atoms with van der Waals surface area (Å²) in [5.74, 6) is -0.219. The molecule has 5 heteroatoms. The fraction of sp³-hybridized carbons (Fsp3) is 0.267. The number of hydrogen-bond acceptors (Lipinski definition) is 3. The van der Waals surface area contributed by atoms with Crippen LogP contribution < -0.4 is 5.32 Å². The number of carbonyl (C=O) groups is 1. The SMILES string of the molecule is O=C(NCCC(O)CO)c1cccc2c(Cl)cccc12. The number of rotatable bonds is 5. The molecular weight excluding hydrogens is 278 g/mol. The first-order valence-electron chi connectivity index (χ1n) is 6.38. The summed E-state index contributed by atoms with van der Waals surface area (Å²) in [5, 5.41) is 22.9. The second-order valence-corrected chi connectivity index (χ2v) is 4.93. The maximum absolute atomic E-state index is 12.1. The molecule has 0 saturated carbocycles. The molecule has 0 radical (unpaired) electrons. The van der Waals surface area contributed by atoms with E-state index in [2.05, 4.69) is 5.32 Å². The van der Waals surface area contributed by atoms with E-state index < -0.39 is 6.10 Å². The van der Waals surface area contributed by atoms with E-state index in [0.717, 1.165) is 10.8 Å². The number of aliphatic hydroxyl groups is 2. The van der Waals surface area contributed by atoms with Crippen molar-refractivity contribution in [3.63, 3.8) is 0 Å². The van der Waals surface area contributed by atoms with E-state index in [1.54, 1.807) is 24.3 Å². The van der Waals surface area contributed by atoms with Crippen LogP contribution in [0.25, 0.3) is 10.8 Å². The minimum absolute atomic E-state index is 0.219. The quantitative estimate of drug-likeness (QED) is 0.789. The van der Waals surface area contributed by atoms with E-state index in [1.165, 1.54) is 0 Å². The molecule has 20 heavy (non-hydrogen) atoms. The number of fused-ring (bicyclic) bond motifs is 1. The van der Waals surface area contributed by atoms with Crippen molar-refractivity contribution in [1.82, 2.24) is 5.32 Å². The van der Waals surface area contributed by atoms with Crippen LogP contribution >= 0.6 is 11.6 Å². The smallest absolute Gasteiger partial charge is 0.251 e. The van der Waals surface area contributed by atoms with Crippen molar-refractivity contribution in [2.24, 2.45) is 0 Å². The lowest BCUT2D eigenvalue weighted by Gasteiger charge is -2.10. The lowest BCUT2D eigenvalue weighted by atomic mass is 10.0. The number of hydrogen-bond donors (Lipinski definition) is 3. The lowest BCUT2D eigenvalue weighted by Crippen LogP contribution is -2.28. The van der Waals surface area contributed by atoms with Crippen molar-refractivity contribution in [3.05, 3.63) is 47.0 Å². The van der Waals surface area contributed by atoms with E-state index in [9.17, 15) is 9.90 Å². The first-order valence-corrected chi connectivity index (χ1v) is 6.75. The van der Waals surface area contributed by atoms with Gasteiger partial charge in [0.25, 0.3) is 5.91 Å². The van der Waals surface area contributed by atoms with Gasteiger partial charge in [-0.2, -0.15) is 0 Å². The Kier molecular flexibility index (Phi) is 4.95. The molecule has 2 aromatic rings. The summed E-state index contributed by atoms with van der Waals surface area (Å²) in [4.78, 5) is 12.1. The fourth-order valence-corrected chi connectivity index (χ4v) is 2.25. The molecular formula is C15H16ClNO3. The number of amides is 1. The lowest BCUT2D eigenvalue weighted by molar-refractivity contribution is 0.0835. The summed E-state index contributed by atoms with van der Waals surface area (Å²) in [5.41, 5.74) is 0.545. The van der Waals surface area contributed by atoms with E-state index in [0.29, 0.717) is 23.6 Å².